The van der Waals surface area contributed by atoms with E-state index in [4.69, 9.17) is 0 Å². The number of carbonyl (C=O) groups excluding carboxylic acids is 1. The first kappa shape index (κ1) is 19.9. The Bertz CT molecular complexity index is 1150. The number of pyridine rings is 1. The lowest BCUT2D eigenvalue weighted by atomic mass is 10.1. The van der Waals surface area contributed by atoms with Crippen LogP contribution in [0, 0.1) is 0 Å². The largest absolute Gasteiger partial charge is 0.394 e. The lowest BCUT2D eigenvalue weighted by Crippen LogP contribution is -2.31. The second-order valence-electron chi connectivity index (χ2n) is 6.70. The molecule has 3 aromatic carbocycles. The summed E-state index contributed by atoms with van der Waals surface area (Å²) in [4.78, 5) is 18.4. The summed E-state index contributed by atoms with van der Waals surface area (Å²) in [7, 11) is 0. The number of hydrogen-bond donors (Lipinski definition) is 3. The van der Waals surface area contributed by atoms with Crippen LogP contribution in [0.4, 0.5) is 5.69 Å². The van der Waals surface area contributed by atoms with Crippen LogP contribution < -0.4 is 10.0 Å². The minimum absolute atomic E-state index is 0.179. The number of aromatic nitrogens is 1. The number of anilines is 1. The van der Waals surface area contributed by atoms with E-state index in [-0.39, 0.29) is 12.5 Å². The van der Waals surface area contributed by atoms with Crippen molar-refractivity contribution in [2.75, 3.05) is 11.3 Å². The van der Waals surface area contributed by atoms with Crippen LogP contribution >= 0.6 is 11.9 Å². The normalized spacial score (nSPS) is 11.8. The molecule has 0 saturated heterocycles. The summed E-state index contributed by atoms with van der Waals surface area (Å²) in [5.74, 6) is -0.252. The van der Waals surface area contributed by atoms with Crippen molar-refractivity contribution in [2.24, 2.45) is 0 Å². The van der Waals surface area contributed by atoms with Gasteiger partial charge in [-0.1, -0.05) is 60.7 Å². The van der Waals surface area contributed by atoms with Crippen molar-refractivity contribution in [2.45, 2.75) is 10.9 Å². The van der Waals surface area contributed by atoms with Crippen LogP contribution in [0.3, 0.4) is 0 Å². The summed E-state index contributed by atoms with van der Waals surface area (Å²) in [6.07, 6.45) is 1.77. The van der Waals surface area contributed by atoms with E-state index in [2.05, 4.69) is 15.0 Å². The minimum atomic E-state index is -0.471. The summed E-state index contributed by atoms with van der Waals surface area (Å²) >= 11 is 1.41. The molecule has 3 N–H and O–H groups in total. The van der Waals surface area contributed by atoms with Crippen molar-refractivity contribution in [3.8, 4) is 0 Å². The highest BCUT2D eigenvalue weighted by Crippen LogP contribution is 2.29. The molecule has 5 nitrogen and oxygen atoms in total. The van der Waals surface area contributed by atoms with E-state index >= 15 is 0 Å². The molecule has 1 unspecified atom stereocenters. The second-order valence-corrected chi connectivity index (χ2v) is 7.55. The molecule has 1 heterocycles. The number of aliphatic hydroxyl groups is 1. The predicted octanol–water partition coefficient (Wildman–Crippen LogP) is 4.82. The fourth-order valence-electron chi connectivity index (χ4n) is 3.19. The SMILES string of the molecule is O=C(NC(CO)c1ccccc1)c1ccccc1NSc1cccc2cccnc12. The van der Waals surface area contributed by atoms with Gasteiger partial charge < -0.3 is 15.1 Å². The maximum Gasteiger partial charge on any atom is 0.253 e. The quantitative estimate of drug-likeness (QED) is 0.378. The van der Waals surface area contributed by atoms with E-state index in [9.17, 15) is 9.90 Å². The number of amides is 1. The van der Waals surface area contributed by atoms with Gasteiger partial charge in [0.2, 0.25) is 0 Å². The number of aliphatic hydroxyl groups excluding tert-OH is 1. The number of fused-ring (bicyclic) bond motifs is 1. The third-order valence-electron chi connectivity index (χ3n) is 4.73. The maximum atomic E-state index is 12.9. The zero-order chi connectivity index (χ0) is 20.8. The van der Waals surface area contributed by atoms with E-state index in [0.29, 0.717) is 11.3 Å². The predicted molar refractivity (Wildman–Crippen MR) is 121 cm³/mol. The van der Waals surface area contributed by atoms with Crippen molar-refractivity contribution >= 4 is 34.4 Å². The fraction of sp³-hybridized carbons (Fsp3) is 0.0833. The first-order chi connectivity index (χ1) is 14.8. The van der Waals surface area contributed by atoms with Gasteiger partial charge in [0.1, 0.15) is 0 Å². The molecule has 0 saturated carbocycles. The highest BCUT2D eigenvalue weighted by atomic mass is 32.2. The molecule has 0 bridgehead atoms. The van der Waals surface area contributed by atoms with Crippen LogP contribution in [0.1, 0.15) is 22.0 Å². The Morgan fingerprint density at radius 2 is 1.70 bits per heavy atom. The Morgan fingerprint density at radius 3 is 2.53 bits per heavy atom. The Balaban J connectivity index is 1.53. The topological polar surface area (TPSA) is 74.2 Å². The van der Waals surface area contributed by atoms with Gasteiger partial charge in [-0.15, -0.1) is 0 Å². The maximum absolute atomic E-state index is 12.9. The highest BCUT2D eigenvalue weighted by Gasteiger charge is 2.17. The Labute approximate surface area is 179 Å². The van der Waals surface area contributed by atoms with E-state index in [1.165, 1.54) is 11.9 Å². The molecular formula is C24H21N3O2S. The average molecular weight is 416 g/mol. The zero-order valence-electron chi connectivity index (χ0n) is 16.2. The molecule has 4 aromatic rings. The van der Waals surface area contributed by atoms with Crippen LogP contribution in [0.25, 0.3) is 10.9 Å². The van der Waals surface area contributed by atoms with Gasteiger partial charge in [-0.3, -0.25) is 9.78 Å². The number of rotatable bonds is 7. The van der Waals surface area contributed by atoms with Gasteiger partial charge in [-0.25, -0.2) is 0 Å². The van der Waals surface area contributed by atoms with Gasteiger partial charge in [0, 0.05) is 11.6 Å². The molecule has 1 aromatic heterocycles. The lowest BCUT2D eigenvalue weighted by molar-refractivity contribution is 0.0917. The smallest absolute Gasteiger partial charge is 0.253 e. The third-order valence-corrected chi connectivity index (χ3v) is 5.60. The molecule has 0 fully saturated rings. The van der Waals surface area contributed by atoms with Gasteiger partial charge in [0.25, 0.3) is 5.91 Å². The molecule has 0 spiro atoms. The summed E-state index contributed by atoms with van der Waals surface area (Å²) in [6.45, 7) is -0.179. The number of benzene rings is 3. The van der Waals surface area contributed by atoms with Crippen LogP contribution in [0.5, 0.6) is 0 Å². The van der Waals surface area contributed by atoms with Gasteiger partial charge in [-0.05, 0) is 41.8 Å². The van der Waals surface area contributed by atoms with Gasteiger partial charge >= 0.3 is 0 Å². The van der Waals surface area contributed by atoms with Crippen LogP contribution in [-0.2, 0) is 0 Å². The summed E-state index contributed by atoms with van der Waals surface area (Å²) < 4.78 is 3.29. The number of hydrogen-bond acceptors (Lipinski definition) is 5. The summed E-state index contributed by atoms with van der Waals surface area (Å²) in [5.41, 5.74) is 2.96. The standard InChI is InChI=1S/C24H21N3O2S/c28-16-21(17-8-2-1-3-9-17)26-24(29)19-12-4-5-13-20(19)27-30-22-14-6-10-18-11-7-15-25-23(18)22/h1-15,21,27-28H,16H2,(H,26,29). The molecule has 30 heavy (non-hydrogen) atoms. The molecule has 0 radical (unpaired) electrons. The number of nitrogens with zero attached hydrogens (tertiary/aromatic N) is 1. The molecule has 6 heteroatoms. The van der Waals surface area contributed by atoms with Crippen molar-refractivity contribution in [3.05, 3.63) is 102 Å². The lowest BCUT2D eigenvalue weighted by Gasteiger charge is -2.18. The van der Waals surface area contributed by atoms with Crippen LogP contribution in [0.15, 0.2) is 96.0 Å². The van der Waals surface area contributed by atoms with Crippen molar-refractivity contribution in [3.63, 3.8) is 0 Å². The van der Waals surface area contributed by atoms with Gasteiger partial charge in [0.15, 0.2) is 0 Å². The molecular weight excluding hydrogens is 394 g/mol. The Kier molecular flexibility index (Phi) is 6.27. The molecule has 1 atom stereocenters. The van der Waals surface area contributed by atoms with Crippen LogP contribution in [0.2, 0.25) is 0 Å². The average Bonchev–Trinajstić information content (AvgIpc) is 2.81. The second kappa shape index (κ2) is 9.43. The van der Waals surface area contributed by atoms with Crippen molar-refractivity contribution in [1.82, 2.24) is 10.3 Å². The van der Waals surface area contributed by atoms with E-state index in [1.807, 2.05) is 78.9 Å². The first-order valence-corrected chi connectivity index (χ1v) is 10.4. The molecule has 1 amide bonds. The Morgan fingerprint density at radius 1 is 0.933 bits per heavy atom. The van der Waals surface area contributed by atoms with Crippen molar-refractivity contribution < 1.29 is 9.90 Å². The summed E-state index contributed by atoms with van der Waals surface area (Å²) in [5, 5.41) is 13.7. The number of carbonyl (C=O) groups is 1. The fourth-order valence-corrected chi connectivity index (χ4v) is 4.01. The number of nitrogens with one attached hydrogen (secondary N) is 2. The monoisotopic (exact) mass is 415 g/mol. The van der Waals surface area contributed by atoms with E-state index in [0.717, 1.165) is 21.4 Å². The number of para-hydroxylation sites is 2. The Hall–Kier alpha value is -3.35. The van der Waals surface area contributed by atoms with Gasteiger partial charge in [0.05, 0.1) is 34.3 Å². The first-order valence-electron chi connectivity index (χ1n) is 9.58. The third kappa shape index (κ3) is 4.45. The highest BCUT2D eigenvalue weighted by molar-refractivity contribution is 8.00. The molecule has 0 aliphatic heterocycles. The van der Waals surface area contributed by atoms with E-state index < -0.39 is 6.04 Å². The van der Waals surface area contributed by atoms with E-state index in [1.54, 1.807) is 12.3 Å². The zero-order valence-corrected chi connectivity index (χ0v) is 17.0. The molecule has 150 valence electrons. The molecule has 0 aliphatic carbocycles. The minimum Gasteiger partial charge on any atom is -0.394 e. The van der Waals surface area contributed by atoms with Crippen molar-refractivity contribution in [1.29, 1.82) is 0 Å². The molecule has 4 rings (SSSR count). The van der Waals surface area contributed by atoms with Crippen LogP contribution in [-0.4, -0.2) is 22.6 Å². The molecule has 0 aliphatic rings. The van der Waals surface area contributed by atoms with Gasteiger partial charge in [-0.2, -0.15) is 0 Å². The summed E-state index contributed by atoms with van der Waals surface area (Å²) in [6, 6.07) is 26.2.